The maximum atomic E-state index is 12.6. The lowest BCUT2D eigenvalue weighted by molar-refractivity contribution is 0.0157. The van der Waals surface area contributed by atoms with Crippen LogP contribution in [0.5, 0.6) is 0 Å². The van der Waals surface area contributed by atoms with Gasteiger partial charge in [0.1, 0.15) is 5.60 Å². The van der Waals surface area contributed by atoms with Crippen molar-refractivity contribution in [1.29, 1.82) is 0 Å². The van der Waals surface area contributed by atoms with E-state index in [9.17, 15) is 9.59 Å². The van der Waals surface area contributed by atoms with E-state index < -0.39 is 25.7 Å². The van der Waals surface area contributed by atoms with Crippen molar-refractivity contribution >= 4 is 20.1 Å². The Morgan fingerprint density at radius 2 is 1.68 bits per heavy atom. The highest BCUT2D eigenvalue weighted by molar-refractivity contribution is 6.76. The standard InChI is InChI=1S/C16H26N2O3Si/c1-16(2,3)21-15(20)18(17-12-22(4,5)6)14(19)13-10-8-7-9-11-13/h7-11,17H,12H2,1-6H3. The minimum Gasteiger partial charge on any atom is -0.442 e. The van der Waals surface area contributed by atoms with Crippen LogP contribution < -0.4 is 5.43 Å². The number of amides is 2. The number of ether oxygens (including phenoxy) is 1. The largest absolute Gasteiger partial charge is 0.442 e. The monoisotopic (exact) mass is 322 g/mol. The predicted molar refractivity (Wildman–Crippen MR) is 90.2 cm³/mol. The molecule has 0 aliphatic rings. The van der Waals surface area contributed by atoms with E-state index in [0.717, 1.165) is 5.01 Å². The van der Waals surface area contributed by atoms with E-state index in [1.165, 1.54) is 0 Å². The highest BCUT2D eigenvalue weighted by Crippen LogP contribution is 2.12. The molecule has 122 valence electrons. The smallest absolute Gasteiger partial charge is 0.432 e. The first-order valence-corrected chi connectivity index (χ1v) is 11.1. The summed E-state index contributed by atoms with van der Waals surface area (Å²) in [5.41, 5.74) is 2.73. The van der Waals surface area contributed by atoms with Gasteiger partial charge in [0, 0.05) is 11.7 Å². The Bertz CT molecular complexity index is 518. The summed E-state index contributed by atoms with van der Waals surface area (Å²) < 4.78 is 5.33. The molecule has 0 unspecified atom stereocenters. The summed E-state index contributed by atoms with van der Waals surface area (Å²) in [4.78, 5) is 24.9. The Morgan fingerprint density at radius 3 is 2.14 bits per heavy atom. The fourth-order valence-electron chi connectivity index (χ4n) is 1.55. The maximum Gasteiger partial charge on any atom is 0.432 e. The van der Waals surface area contributed by atoms with Crippen molar-refractivity contribution in [2.45, 2.75) is 46.0 Å². The molecule has 0 atom stereocenters. The van der Waals surface area contributed by atoms with Gasteiger partial charge in [0.15, 0.2) is 0 Å². The van der Waals surface area contributed by atoms with E-state index in [1.807, 2.05) is 6.07 Å². The fourth-order valence-corrected chi connectivity index (χ4v) is 2.19. The zero-order valence-corrected chi connectivity index (χ0v) is 15.3. The highest BCUT2D eigenvalue weighted by Gasteiger charge is 2.29. The minimum atomic E-state index is -1.48. The Balaban J connectivity index is 2.95. The number of rotatable bonds is 4. The van der Waals surface area contributed by atoms with E-state index in [1.54, 1.807) is 45.0 Å². The molecule has 0 aromatic heterocycles. The molecule has 0 saturated carbocycles. The maximum absolute atomic E-state index is 12.6. The molecular formula is C16H26N2O3Si. The first-order valence-electron chi connectivity index (χ1n) is 7.36. The summed E-state index contributed by atoms with van der Waals surface area (Å²) in [5.74, 6) is -0.409. The lowest BCUT2D eigenvalue weighted by Gasteiger charge is -2.28. The second-order valence-corrected chi connectivity index (χ2v) is 12.9. The zero-order valence-electron chi connectivity index (χ0n) is 14.3. The molecule has 1 aromatic carbocycles. The molecule has 2 amide bonds. The van der Waals surface area contributed by atoms with Crippen molar-refractivity contribution < 1.29 is 14.3 Å². The zero-order chi connectivity index (χ0) is 17.0. The third-order valence-corrected chi connectivity index (χ3v) is 3.79. The van der Waals surface area contributed by atoms with E-state index in [4.69, 9.17) is 4.74 Å². The molecule has 0 heterocycles. The highest BCUT2D eigenvalue weighted by atomic mass is 28.3. The Morgan fingerprint density at radius 1 is 1.14 bits per heavy atom. The van der Waals surface area contributed by atoms with Gasteiger partial charge in [0.25, 0.3) is 5.91 Å². The summed E-state index contributed by atoms with van der Waals surface area (Å²) in [6.07, 6.45) is -0.0789. The lowest BCUT2D eigenvalue weighted by Crippen LogP contribution is -2.53. The van der Waals surface area contributed by atoms with Crippen LogP contribution in [0.15, 0.2) is 30.3 Å². The summed E-state index contributed by atoms with van der Waals surface area (Å²) in [7, 11) is -1.48. The molecule has 0 spiro atoms. The van der Waals surface area contributed by atoms with Crippen molar-refractivity contribution in [3.05, 3.63) is 35.9 Å². The average Bonchev–Trinajstić information content (AvgIpc) is 2.36. The minimum absolute atomic E-state index is 0.409. The van der Waals surface area contributed by atoms with E-state index >= 15 is 0 Å². The normalized spacial score (nSPS) is 11.9. The van der Waals surface area contributed by atoms with Crippen LogP contribution in [0.3, 0.4) is 0 Å². The van der Waals surface area contributed by atoms with Gasteiger partial charge in [-0.1, -0.05) is 37.8 Å². The molecule has 5 nitrogen and oxygen atoms in total. The van der Waals surface area contributed by atoms with Gasteiger partial charge in [-0.15, -0.1) is 0 Å². The molecule has 6 heteroatoms. The average molecular weight is 322 g/mol. The molecule has 0 fully saturated rings. The Kier molecular flexibility index (Phi) is 5.90. The number of carbonyl (C=O) groups excluding carboxylic acids is 2. The molecule has 0 aliphatic carbocycles. The van der Waals surface area contributed by atoms with E-state index in [0.29, 0.717) is 11.7 Å². The van der Waals surface area contributed by atoms with Crippen LogP contribution in [0, 0.1) is 0 Å². The van der Waals surface area contributed by atoms with Gasteiger partial charge >= 0.3 is 6.09 Å². The number of hydrazine groups is 1. The van der Waals surface area contributed by atoms with Crippen LogP contribution >= 0.6 is 0 Å². The predicted octanol–water partition coefficient (Wildman–Crippen LogP) is 3.45. The quantitative estimate of drug-likeness (QED) is 0.681. The third kappa shape index (κ3) is 6.40. The first-order chi connectivity index (χ1) is 9.99. The van der Waals surface area contributed by atoms with Gasteiger partial charge in [-0.3, -0.25) is 4.79 Å². The first kappa shape index (κ1) is 18.4. The van der Waals surface area contributed by atoms with Crippen molar-refractivity contribution in [1.82, 2.24) is 10.4 Å². The SMILES string of the molecule is CC(C)(C)OC(=O)N(NC[Si](C)(C)C)C(=O)c1ccccc1. The topological polar surface area (TPSA) is 58.6 Å². The van der Waals surface area contributed by atoms with Crippen LogP contribution in [-0.2, 0) is 4.74 Å². The van der Waals surface area contributed by atoms with Crippen molar-refractivity contribution in [3.8, 4) is 0 Å². The van der Waals surface area contributed by atoms with Gasteiger partial charge in [-0.05, 0) is 32.9 Å². The molecule has 0 bridgehead atoms. The molecule has 1 N–H and O–H groups in total. The molecular weight excluding hydrogens is 296 g/mol. The Labute approximate surface area is 133 Å². The van der Waals surface area contributed by atoms with Crippen LogP contribution in [0.25, 0.3) is 0 Å². The molecule has 1 aromatic rings. The van der Waals surface area contributed by atoms with Crippen LogP contribution in [0.1, 0.15) is 31.1 Å². The summed E-state index contributed by atoms with van der Waals surface area (Å²) in [6.45, 7) is 11.8. The number of benzene rings is 1. The Hall–Kier alpha value is -1.66. The number of nitrogens with one attached hydrogen (secondary N) is 1. The molecule has 0 saturated heterocycles. The van der Waals surface area contributed by atoms with E-state index in [-0.39, 0.29) is 0 Å². The number of carbonyl (C=O) groups is 2. The fraction of sp³-hybridized carbons (Fsp3) is 0.500. The number of hydrogen-bond acceptors (Lipinski definition) is 4. The van der Waals surface area contributed by atoms with Crippen LogP contribution in [0.4, 0.5) is 4.79 Å². The van der Waals surface area contributed by atoms with Gasteiger partial charge in [0.2, 0.25) is 0 Å². The molecule has 1 rings (SSSR count). The number of imide groups is 1. The van der Waals surface area contributed by atoms with E-state index in [2.05, 4.69) is 25.1 Å². The number of hydrogen-bond donors (Lipinski definition) is 1. The van der Waals surface area contributed by atoms with Crippen molar-refractivity contribution in [2.75, 3.05) is 6.17 Å². The van der Waals surface area contributed by atoms with Gasteiger partial charge < -0.3 is 4.74 Å². The van der Waals surface area contributed by atoms with Crippen molar-refractivity contribution in [2.24, 2.45) is 0 Å². The van der Waals surface area contributed by atoms with Gasteiger partial charge in [-0.2, -0.15) is 5.01 Å². The van der Waals surface area contributed by atoms with Crippen LogP contribution in [-0.4, -0.2) is 36.9 Å². The lowest BCUT2D eigenvalue weighted by atomic mass is 10.2. The summed E-state index contributed by atoms with van der Waals surface area (Å²) in [6, 6.07) is 8.70. The van der Waals surface area contributed by atoms with Crippen LogP contribution in [0.2, 0.25) is 19.6 Å². The van der Waals surface area contributed by atoms with Crippen molar-refractivity contribution in [3.63, 3.8) is 0 Å². The molecule has 0 radical (unpaired) electrons. The molecule has 22 heavy (non-hydrogen) atoms. The summed E-state index contributed by atoms with van der Waals surface area (Å²) >= 11 is 0. The summed E-state index contributed by atoms with van der Waals surface area (Å²) in [5, 5.41) is 0.985. The number of nitrogens with zero attached hydrogens (tertiary/aromatic N) is 1. The molecule has 0 aliphatic heterocycles. The third-order valence-electron chi connectivity index (χ3n) is 2.57. The second kappa shape index (κ2) is 7.06. The second-order valence-electron chi connectivity index (χ2n) is 7.38. The van der Waals surface area contributed by atoms with Gasteiger partial charge in [-0.25, -0.2) is 10.2 Å². The van der Waals surface area contributed by atoms with Gasteiger partial charge in [0.05, 0.1) is 8.07 Å².